The molecule has 19 heavy (non-hydrogen) atoms. The summed E-state index contributed by atoms with van der Waals surface area (Å²) in [5.74, 6) is -0.984. The average Bonchev–Trinajstić information content (AvgIpc) is 2.37. The van der Waals surface area contributed by atoms with Gasteiger partial charge < -0.3 is 5.11 Å². The van der Waals surface area contributed by atoms with E-state index in [4.69, 9.17) is 5.11 Å². The molecule has 0 unspecified atom stereocenters. The summed E-state index contributed by atoms with van der Waals surface area (Å²) in [6, 6.07) is 0.0658. The summed E-state index contributed by atoms with van der Waals surface area (Å²) in [6.45, 7) is 2.28. The molecule has 0 aromatic rings. The van der Waals surface area contributed by atoms with Gasteiger partial charge in [-0.1, -0.05) is 26.2 Å². The predicted octanol–water partition coefficient (Wildman–Crippen LogP) is 1.29. The molecule has 0 atom stereocenters. The SMILES string of the molecule is CCN(C1CCCCC1)S(=O)(=O)N(C)CCC(=O)O. The molecule has 0 aromatic carbocycles. The molecule has 1 aliphatic carbocycles. The Bertz CT molecular complexity index is 391. The van der Waals surface area contributed by atoms with Crippen molar-refractivity contribution in [3.8, 4) is 0 Å². The van der Waals surface area contributed by atoms with Crippen molar-refractivity contribution >= 4 is 16.2 Å². The third-order valence-electron chi connectivity index (χ3n) is 3.62. The maximum Gasteiger partial charge on any atom is 0.304 e. The van der Waals surface area contributed by atoms with Crippen molar-refractivity contribution in [2.75, 3.05) is 20.1 Å². The van der Waals surface area contributed by atoms with E-state index in [-0.39, 0.29) is 19.0 Å². The van der Waals surface area contributed by atoms with Gasteiger partial charge in [0.2, 0.25) is 0 Å². The highest BCUT2D eigenvalue weighted by Crippen LogP contribution is 2.25. The summed E-state index contributed by atoms with van der Waals surface area (Å²) in [5, 5.41) is 8.64. The quantitative estimate of drug-likeness (QED) is 0.767. The molecule has 0 aromatic heterocycles. The van der Waals surface area contributed by atoms with Gasteiger partial charge in [0.15, 0.2) is 0 Å². The van der Waals surface area contributed by atoms with Crippen molar-refractivity contribution in [3.63, 3.8) is 0 Å². The van der Waals surface area contributed by atoms with E-state index in [1.807, 2.05) is 6.92 Å². The van der Waals surface area contributed by atoms with E-state index in [9.17, 15) is 13.2 Å². The zero-order valence-electron chi connectivity index (χ0n) is 11.7. The first kappa shape index (κ1) is 16.4. The minimum atomic E-state index is -3.54. The lowest BCUT2D eigenvalue weighted by Crippen LogP contribution is -2.48. The zero-order valence-corrected chi connectivity index (χ0v) is 12.5. The second kappa shape index (κ2) is 7.21. The third kappa shape index (κ3) is 4.43. The van der Waals surface area contributed by atoms with Gasteiger partial charge >= 0.3 is 5.97 Å². The Morgan fingerprint density at radius 3 is 2.32 bits per heavy atom. The van der Waals surface area contributed by atoms with Gasteiger partial charge in [0.25, 0.3) is 10.2 Å². The number of carboxylic acids is 1. The largest absolute Gasteiger partial charge is 0.481 e. The first-order chi connectivity index (χ1) is 8.89. The molecule has 0 amide bonds. The van der Waals surface area contributed by atoms with Gasteiger partial charge in [-0.15, -0.1) is 0 Å². The highest BCUT2D eigenvalue weighted by atomic mass is 32.2. The summed E-state index contributed by atoms with van der Waals surface area (Å²) < 4.78 is 27.5. The molecule has 112 valence electrons. The fraction of sp³-hybridized carbons (Fsp3) is 0.917. The highest BCUT2D eigenvalue weighted by molar-refractivity contribution is 7.86. The second-order valence-corrected chi connectivity index (χ2v) is 6.96. The molecule has 0 heterocycles. The van der Waals surface area contributed by atoms with Gasteiger partial charge in [0, 0.05) is 26.2 Å². The fourth-order valence-corrected chi connectivity index (χ4v) is 4.12. The van der Waals surface area contributed by atoms with E-state index >= 15 is 0 Å². The molecule has 1 N–H and O–H groups in total. The Kier molecular flexibility index (Phi) is 6.22. The number of hydrogen-bond donors (Lipinski definition) is 1. The van der Waals surface area contributed by atoms with Crippen LogP contribution >= 0.6 is 0 Å². The lowest BCUT2D eigenvalue weighted by Gasteiger charge is -2.35. The lowest BCUT2D eigenvalue weighted by molar-refractivity contribution is -0.137. The van der Waals surface area contributed by atoms with E-state index in [2.05, 4.69) is 0 Å². The molecule has 1 rings (SSSR count). The number of rotatable bonds is 7. The standard InChI is InChI=1S/C12H24N2O4S/c1-3-14(11-7-5-4-6-8-11)19(17,18)13(2)10-9-12(15)16/h11H,3-10H2,1-2H3,(H,15,16). The molecule has 0 bridgehead atoms. The third-order valence-corrected chi connectivity index (χ3v) is 5.74. The highest BCUT2D eigenvalue weighted by Gasteiger charge is 2.32. The van der Waals surface area contributed by atoms with Crippen LogP contribution in [0.3, 0.4) is 0 Å². The normalized spacial score (nSPS) is 18.1. The molecule has 7 heteroatoms. The Hall–Kier alpha value is -0.660. The Morgan fingerprint density at radius 2 is 1.84 bits per heavy atom. The molecular formula is C12H24N2O4S. The zero-order chi connectivity index (χ0) is 14.5. The summed E-state index contributed by atoms with van der Waals surface area (Å²) in [7, 11) is -2.09. The van der Waals surface area contributed by atoms with Gasteiger partial charge in [-0.2, -0.15) is 17.0 Å². The smallest absolute Gasteiger partial charge is 0.304 e. The van der Waals surface area contributed by atoms with Crippen molar-refractivity contribution in [2.24, 2.45) is 0 Å². The van der Waals surface area contributed by atoms with Crippen LogP contribution in [-0.2, 0) is 15.0 Å². The van der Waals surface area contributed by atoms with Crippen molar-refractivity contribution in [1.29, 1.82) is 0 Å². The van der Waals surface area contributed by atoms with Crippen LogP contribution in [0.15, 0.2) is 0 Å². The van der Waals surface area contributed by atoms with Crippen molar-refractivity contribution in [2.45, 2.75) is 51.5 Å². The Labute approximate surface area is 115 Å². The van der Waals surface area contributed by atoms with E-state index in [1.165, 1.54) is 17.8 Å². The maximum absolute atomic E-state index is 12.4. The number of carboxylic acid groups (broad SMARTS) is 1. The summed E-state index contributed by atoms with van der Waals surface area (Å²) >= 11 is 0. The van der Waals surface area contributed by atoms with Crippen LogP contribution in [0.4, 0.5) is 0 Å². The van der Waals surface area contributed by atoms with E-state index in [1.54, 1.807) is 0 Å². The molecule has 1 aliphatic rings. The number of aliphatic carboxylic acids is 1. The lowest BCUT2D eigenvalue weighted by atomic mass is 9.95. The molecule has 0 aliphatic heterocycles. The molecule has 0 saturated heterocycles. The molecule has 1 fully saturated rings. The fourth-order valence-electron chi connectivity index (χ4n) is 2.53. The van der Waals surface area contributed by atoms with Crippen molar-refractivity contribution < 1.29 is 18.3 Å². The minimum Gasteiger partial charge on any atom is -0.481 e. The van der Waals surface area contributed by atoms with Gasteiger partial charge in [-0.25, -0.2) is 0 Å². The summed E-state index contributed by atoms with van der Waals surface area (Å²) in [5.41, 5.74) is 0. The minimum absolute atomic E-state index is 0.0148. The van der Waals surface area contributed by atoms with Gasteiger partial charge in [0.05, 0.1) is 6.42 Å². The number of nitrogens with zero attached hydrogens (tertiary/aromatic N) is 2. The topological polar surface area (TPSA) is 77.9 Å². The van der Waals surface area contributed by atoms with Gasteiger partial charge in [0.1, 0.15) is 0 Å². The first-order valence-corrected chi connectivity index (χ1v) is 8.24. The maximum atomic E-state index is 12.4. The van der Waals surface area contributed by atoms with Crippen LogP contribution in [-0.4, -0.2) is 54.3 Å². The van der Waals surface area contributed by atoms with Crippen molar-refractivity contribution in [3.05, 3.63) is 0 Å². The van der Waals surface area contributed by atoms with Crippen LogP contribution in [0.5, 0.6) is 0 Å². The molecular weight excluding hydrogens is 268 g/mol. The Balaban J connectivity index is 2.73. The second-order valence-electron chi connectivity index (χ2n) is 4.97. The molecule has 0 radical (unpaired) electrons. The predicted molar refractivity (Wildman–Crippen MR) is 73.1 cm³/mol. The van der Waals surface area contributed by atoms with Gasteiger partial charge in [-0.3, -0.25) is 4.79 Å². The van der Waals surface area contributed by atoms with E-state index in [0.717, 1.165) is 30.0 Å². The molecule has 0 spiro atoms. The van der Waals surface area contributed by atoms with Gasteiger partial charge in [-0.05, 0) is 12.8 Å². The van der Waals surface area contributed by atoms with Crippen LogP contribution in [0, 0.1) is 0 Å². The number of carbonyl (C=O) groups is 1. The molecule has 6 nitrogen and oxygen atoms in total. The molecule has 1 saturated carbocycles. The van der Waals surface area contributed by atoms with E-state index in [0.29, 0.717) is 6.54 Å². The number of hydrogen-bond acceptors (Lipinski definition) is 3. The van der Waals surface area contributed by atoms with Crippen molar-refractivity contribution in [1.82, 2.24) is 8.61 Å². The van der Waals surface area contributed by atoms with E-state index < -0.39 is 16.2 Å². The Morgan fingerprint density at radius 1 is 1.26 bits per heavy atom. The first-order valence-electron chi connectivity index (χ1n) is 6.84. The van der Waals surface area contributed by atoms with Crippen LogP contribution in [0.2, 0.25) is 0 Å². The van der Waals surface area contributed by atoms with Crippen LogP contribution in [0.25, 0.3) is 0 Å². The monoisotopic (exact) mass is 292 g/mol. The summed E-state index contributed by atoms with van der Waals surface area (Å²) in [4.78, 5) is 10.5. The van der Waals surface area contributed by atoms with Crippen LogP contribution < -0.4 is 0 Å². The van der Waals surface area contributed by atoms with Crippen LogP contribution in [0.1, 0.15) is 45.4 Å². The average molecular weight is 292 g/mol. The summed E-state index contributed by atoms with van der Waals surface area (Å²) in [6.07, 6.45) is 4.94.